The van der Waals surface area contributed by atoms with Crippen molar-refractivity contribution in [2.24, 2.45) is 5.92 Å². The van der Waals surface area contributed by atoms with Crippen LogP contribution in [0, 0.1) is 5.92 Å². The van der Waals surface area contributed by atoms with Gasteiger partial charge in [0.25, 0.3) is 0 Å². The van der Waals surface area contributed by atoms with Crippen molar-refractivity contribution in [3.8, 4) is 0 Å². The van der Waals surface area contributed by atoms with Gasteiger partial charge in [0.2, 0.25) is 0 Å². The minimum absolute atomic E-state index is 0.0169. The van der Waals surface area contributed by atoms with E-state index < -0.39 is 23.3 Å². The fraction of sp³-hybridized carbons (Fsp3) is 0.727. The van der Waals surface area contributed by atoms with Gasteiger partial charge in [0.05, 0.1) is 11.6 Å². The summed E-state index contributed by atoms with van der Waals surface area (Å²) < 4.78 is 5.16. The van der Waals surface area contributed by atoms with E-state index in [1.807, 2.05) is 0 Å². The lowest BCUT2D eigenvalue weighted by molar-refractivity contribution is -0.131. The lowest BCUT2D eigenvalue weighted by Gasteiger charge is -2.32. The maximum absolute atomic E-state index is 11.7. The molecule has 0 N–H and O–H groups in total. The topological polar surface area (TPSA) is 63.7 Å². The van der Waals surface area contributed by atoms with Gasteiger partial charge < -0.3 is 14.4 Å². The number of ether oxygens (including phenoxy) is 1. The Morgan fingerprint density at radius 3 is 2.47 bits per heavy atom. The first-order valence-electron chi connectivity index (χ1n) is 5.50. The number of likely N-dealkylation sites (tertiary alicyclic amines) is 1. The molecule has 1 aliphatic rings. The molecule has 1 saturated heterocycles. The normalized spacial score (nSPS) is 21.2. The van der Waals surface area contributed by atoms with Crippen molar-refractivity contribution in [3.05, 3.63) is 0 Å². The van der Waals surface area contributed by atoms with Gasteiger partial charge in [0.15, 0.2) is 7.85 Å². The van der Waals surface area contributed by atoms with Crippen LogP contribution >= 0.6 is 0 Å². The van der Waals surface area contributed by atoms with Crippen molar-refractivity contribution >= 4 is 25.4 Å². The molecule has 2 radical (unpaired) electrons. The van der Waals surface area contributed by atoms with Gasteiger partial charge in [-0.2, -0.15) is 0 Å². The number of piperidine rings is 1. The molecule has 0 aromatic carbocycles. The number of hydrogen-bond donors (Lipinski definition) is 0. The Bertz CT molecular complexity index is 348. The SMILES string of the molecule is [B]C(=O)C1CN(C(=O)OC(C)(C)C)CCC1=O. The van der Waals surface area contributed by atoms with Gasteiger partial charge in [0, 0.05) is 19.5 Å². The maximum atomic E-state index is 11.7. The summed E-state index contributed by atoms with van der Waals surface area (Å²) in [6, 6.07) is 0. The zero-order chi connectivity index (χ0) is 13.2. The van der Waals surface area contributed by atoms with Gasteiger partial charge >= 0.3 is 6.09 Å². The van der Waals surface area contributed by atoms with Crippen LogP contribution < -0.4 is 0 Å². The van der Waals surface area contributed by atoms with Crippen molar-refractivity contribution < 1.29 is 19.1 Å². The molecule has 0 saturated carbocycles. The molecule has 1 amide bonds. The maximum Gasteiger partial charge on any atom is 0.410 e. The highest BCUT2D eigenvalue weighted by atomic mass is 16.6. The van der Waals surface area contributed by atoms with Crippen LogP contribution in [0.4, 0.5) is 4.79 Å². The average molecular weight is 237 g/mol. The minimum atomic E-state index is -0.906. The van der Waals surface area contributed by atoms with Crippen LogP contribution in [-0.4, -0.2) is 49.0 Å². The molecule has 92 valence electrons. The number of hydrogen-bond acceptors (Lipinski definition) is 4. The van der Waals surface area contributed by atoms with Gasteiger partial charge in [-0.3, -0.25) is 4.79 Å². The summed E-state index contributed by atoms with van der Waals surface area (Å²) >= 11 is 0. The Morgan fingerprint density at radius 1 is 1.41 bits per heavy atom. The third-order valence-corrected chi connectivity index (χ3v) is 2.41. The summed E-state index contributed by atoms with van der Waals surface area (Å²) in [6.07, 6.45) is -0.372. The van der Waals surface area contributed by atoms with Crippen LogP contribution in [0.15, 0.2) is 0 Å². The van der Waals surface area contributed by atoms with E-state index in [9.17, 15) is 14.4 Å². The lowest BCUT2D eigenvalue weighted by Crippen LogP contribution is -2.48. The number of ketones is 1. The zero-order valence-corrected chi connectivity index (χ0v) is 10.4. The van der Waals surface area contributed by atoms with Gasteiger partial charge in [-0.05, 0) is 20.8 Å². The van der Waals surface area contributed by atoms with E-state index >= 15 is 0 Å². The first-order valence-corrected chi connectivity index (χ1v) is 5.50. The smallest absolute Gasteiger partial charge is 0.410 e. The van der Waals surface area contributed by atoms with E-state index in [4.69, 9.17) is 12.6 Å². The van der Waals surface area contributed by atoms with Gasteiger partial charge in [0.1, 0.15) is 11.4 Å². The Hall–Kier alpha value is -1.33. The highest BCUT2D eigenvalue weighted by Crippen LogP contribution is 2.17. The Morgan fingerprint density at radius 2 is 2.00 bits per heavy atom. The van der Waals surface area contributed by atoms with E-state index in [1.165, 1.54) is 4.90 Å². The van der Waals surface area contributed by atoms with Crippen molar-refractivity contribution in [3.63, 3.8) is 0 Å². The molecule has 0 bridgehead atoms. The van der Waals surface area contributed by atoms with Crippen LogP contribution in [-0.2, 0) is 14.3 Å². The predicted molar refractivity (Wildman–Crippen MR) is 61.7 cm³/mol. The quantitative estimate of drug-likeness (QED) is 0.492. The van der Waals surface area contributed by atoms with Crippen molar-refractivity contribution in [1.82, 2.24) is 4.90 Å². The lowest BCUT2D eigenvalue weighted by atomic mass is 9.83. The van der Waals surface area contributed by atoms with Crippen LogP contribution in [0.2, 0.25) is 0 Å². The molecule has 6 heteroatoms. The van der Waals surface area contributed by atoms with Crippen LogP contribution in [0.25, 0.3) is 0 Å². The van der Waals surface area contributed by atoms with E-state index in [-0.39, 0.29) is 25.3 Å². The third-order valence-electron chi connectivity index (χ3n) is 2.41. The number of nitrogens with zero attached hydrogens (tertiary/aromatic N) is 1. The van der Waals surface area contributed by atoms with Crippen molar-refractivity contribution in [1.29, 1.82) is 0 Å². The second-order valence-electron chi connectivity index (χ2n) is 5.10. The monoisotopic (exact) mass is 237 g/mol. The van der Waals surface area contributed by atoms with Gasteiger partial charge in [-0.25, -0.2) is 4.79 Å². The highest BCUT2D eigenvalue weighted by molar-refractivity contribution is 6.60. The highest BCUT2D eigenvalue weighted by Gasteiger charge is 2.34. The number of amides is 1. The van der Waals surface area contributed by atoms with Crippen LogP contribution in [0.3, 0.4) is 0 Å². The number of carbonyl (C=O) groups is 3. The van der Waals surface area contributed by atoms with Crippen LogP contribution in [0.5, 0.6) is 0 Å². The molecule has 0 aromatic heterocycles. The standard InChI is InChI=1S/C11H16BNO4/c1-11(2,3)17-10(16)13-5-4-8(14)7(6-13)9(12)15/h7H,4-6H2,1-3H3. The fourth-order valence-corrected chi connectivity index (χ4v) is 1.57. The van der Waals surface area contributed by atoms with Gasteiger partial charge in [-0.1, -0.05) is 0 Å². The first-order chi connectivity index (χ1) is 7.70. The van der Waals surface area contributed by atoms with E-state index in [1.54, 1.807) is 20.8 Å². The summed E-state index contributed by atoms with van der Waals surface area (Å²) in [5, 5.41) is 0. The summed E-state index contributed by atoms with van der Waals surface area (Å²) in [6.45, 7) is 5.56. The molecule has 0 spiro atoms. The average Bonchev–Trinajstić information content (AvgIpc) is 2.14. The van der Waals surface area contributed by atoms with Crippen molar-refractivity contribution in [2.45, 2.75) is 32.8 Å². The van der Waals surface area contributed by atoms with Crippen molar-refractivity contribution in [2.75, 3.05) is 13.1 Å². The molecule has 5 nitrogen and oxygen atoms in total. The first kappa shape index (κ1) is 13.7. The largest absolute Gasteiger partial charge is 0.444 e. The van der Waals surface area contributed by atoms with Crippen LogP contribution in [0.1, 0.15) is 27.2 Å². The Labute approximate surface area is 102 Å². The molecule has 0 aromatic rings. The summed E-state index contributed by atoms with van der Waals surface area (Å²) in [5.41, 5.74) is -1.29. The second kappa shape index (κ2) is 4.90. The minimum Gasteiger partial charge on any atom is -0.444 e. The fourth-order valence-electron chi connectivity index (χ4n) is 1.57. The molecule has 0 aliphatic carbocycles. The number of rotatable bonds is 1. The molecule has 17 heavy (non-hydrogen) atoms. The summed E-state index contributed by atoms with van der Waals surface area (Å²) in [5.74, 6) is -1.12. The molecule has 1 fully saturated rings. The number of Topliss-reactive ketones (excluding diaryl/α,β-unsaturated/α-hetero) is 1. The Kier molecular flexibility index (Phi) is 3.96. The summed E-state index contributed by atoms with van der Waals surface area (Å²) in [4.78, 5) is 35.5. The molecular weight excluding hydrogens is 221 g/mol. The molecule has 1 heterocycles. The van der Waals surface area contributed by atoms with E-state index in [0.717, 1.165) is 0 Å². The molecule has 1 unspecified atom stereocenters. The molecular formula is C11H16BNO4. The zero-order valence-electron chi connectivity index (χ0n) is 10.4. The molecule has 1 rings (SSSR count). The number of carbonyl (C=O) groups excluding carboxylic acids is 3. The van der Waals surface area contributed by atoms with Gasteiger partial charge in [-0.15, -0.1) is 0 Å². The van der Waals surface area contributed by atoms with E-state index in [2.05, 4.69) is 0 Å². The summed E-state index contributed by atoms with van der Waals surface area (Å²) in [7, 11) is 5.11. The second-order valence-corrected chi connectivity index (χ2v) is 5.10. The molecule has 1 aliphatic heterocycles. The third kappa shape index (κ3) is 3.87. The molecule has 1 atom stereocenters. The predicted octanol–water partition coefficient (Wildman–Crippen LogP) is 0.508. The van der Waals surface area contributed by atoms with E-state index in [0.29, 0.717) is 0 Å². The Balaban J connectivity index is 2.65.